The maximum atomic E-state index is 11.9. The van der Waals surface area contributed by atoms with Gasteiger partial charge in [-0.3, -0.25) is 0 Å². The molecule has 1 amide bonds. The Kier molecular flexibility index (Phi) is 5.30. The Morgan fingerprint density at radius 1 is 1.35 bits per heavy atom. The summed E-state index contributed by atoms with van der Waals surface area (Å²) in [6.45, 7) is 10.2. The molecule has 0 saturated carbocycles. The third kappa shape index (κ3) is 4.62. The van der Waals surface area contributed by atoms with E-state index in [-0.39, 0.29) is 6.09 Å². The fraction of sp³-hybridized carbons (Fsp3) is 0.550. The zero-order valence-electron chi connectivity index (χ0n) is 16.1. The van der Waals surface area contributed by atoms with Crippen LogP contribution >= 0.6 is 0 Å². The summed E-state index contributed by atoms with van der Waals surface area (Å²) in [5.41, 5.74) is 1.70. The molecule has 1 fully saturated rings. The number of aromatic nitrogens is 2. The minimum absolute atomic E-state index is 0.349. The average molecular weight is 356 g/mol. The lowest BCUT2D eigenvalue weighted by Crippen LogP contribution is -2.42. The van der Waals surface area contributed by atoms with E-state index in [1.165, 1.54) is 5.56 Å². The highest BCUT2D eigenvalue weighted by Gasteiger charge is 2.24. The molecule has 1 aromatic heterocycles. The molecule has 1 saturated heterocycles. The number of carbonyl (C=O) groups excluding carboxylic acids is 1. The van der Waals surface area contributed by atoms with Crippen molar-refractivity contribution in [1.29, 1.82) is 0 Å². The van der Waals surface area contributed by atoms with Crippen molar-refractivity contribution in [3.63, 3.8) is 0 Å². The van der Waals surface area contributed by atoms with Gasteiger partial charge in [0.2, 0.25) is 0 Å². The number of benzene rings is 1. The van der Waals surface area contributed by atoms with Crippen LogP contribution in [0.5, 0.6) is 0 Å². The van der Waals surface area contributed by atoms with E-state index in [0.717, 1.165) is 42.7 Å². The van der Waals surface area contributed by atoms with Crippen LogP contribution in [0.1, 0.15) is 39.2 Å². The van der Waals surface area contributed by atoms with Crippen molar-refractivity contribution in [2.45, 2.75) is 46.1 Å². The molecule has 1 aliphatic rings. The van der Waals surface area contributed by atoms with Crippen molar-refractivity contribution < 1.29 is 9.53 Å². The molecule has 0 spiro atoms. The Labute approximate surface area is 155 Å². The maximum absolute atomic E-state index is 11.9. The SMILES string of the molecule is Cc1ccc2ncnc(N3CCCC(CNC(=O)OC(C)(C)C)C3)c2c1. The van der Waals surface area contributed by atoms with Crippen molar-refractivity contribution in [1.82, 2.24) is 15.3 Å². The van der Waals surface area contributed by atoms with Crippen molar-refractivity contribution in [3.8, 4) is 0 Å². The van der Waals surface area contributed by atoms with Crippen LogP contribution in [0.4, 0.5) is 10.6 Å². The molecule has 3 rings (SSSR count). The van der Waals surface area contributed by atoms with Crippen LogP contribution in [0.3, 0.4) is 0 Å². The maximum Gasteiger partial charge on any atom is 0.407 e. The normalized spacial score (nSPS) is 18.0. The van der Waals surface area contributed by atoms with Crippen LogP contribution in [0.15, 0.2) is 24.5 Å². The second-order valence-electron chi connectivity index (χ2n) is 8.05. The van der Waals surface area contributed by atoms with Gasteiger partial charge in [-0.25, -0.2) is 14.8 Å². The van der Waals surface area contributed by atoms with Gasteiger partial charge < -0.3 is 15.0 Å². The van der Waals surface area contributed by atoms with Crippen LogP contribution < -0.4 is 10.2 Å². The van der Waals surface area contributed by atoms with Gasteiger partial charge in [0.1, 0.15) is 17.7 Å². The van der Waals surface area contributed by atoms with Crippen LogP contribution in [0.25, 0.3) is 10.9 Å². The Hall–Kier alpha value is -2.37. The van der Waals surface area contributed by atoms with Crippen molar-refractivity contribution in [3.05, 3.63) is 30.1 Å². The number of ether oxygens (including phenoxy) is 1. The van der Waals surface area contributed by atoms with Crippen LogP contribution in [0.2, 0.25) is 0 Å². The first kappa shape index (κ1) is 18.4. The predicted octanol–water partition coefficient (Wildman–Crippen LogP) is 3.68. The van der Waals surface area contributed by atoms with Gasteiger partial charge in [-0.2, -0.15) is 0 Å². The number of anilines is 1. The van der Waals surface area contributed by atoms with E-state index in [0.29, 0.717) is 12.5 Å². The minimum Gasteiger partial charge on any atom is -0.444 e. The smallest absolute Gasteiger partial charge is 0.407 e. The number of carbonyl (C=O) groups is 1. The van der Waals surface area contributed by atoms with Gasteiger partial charge in [-0.15, -0.1) is 0 Å². The third-order valence-corrected chi connectivity index (χ3v) is 4.52. The first-order valence-electron chi connectivity index (χ1n) is 9.25. The second-order valence-corrected chi connectivity index (χ2v) is 8.05. The fourth-order valence-electron chi connectivity index (χ4n) is 3.37. The number of hydrogen-bond acceptors (Lipinski definition) is 5. The highest BCUT2D eigenvalue weighted by atomic mass is 16.6. The van der Waals surface area contributed by atoms with Gasteiger partial charge in [-0.1, -0.05) is 11.6 Å². The lowest BCUT2D eigenvalue weighted by atomic mass is 9.97. The molecule has 1 atom stereocenters. The van der Waals surface area contributed by atoms with E-state index in [9.17, 15) is 4.79 Å². The molecule has 1 N–H and O–H groups in total. The fourth-order valence-corrected chi connectivity index (χ4v) is 3.37. The molecule has 2 heterocycles. The molecule has 1 unspecified atom stereocenters. The van der Waals surface area contributed by atoms with Gasteiger partial charge in [-0.05, 0) is 58.6 Å². The Morgan fingerprint density at radius 2 is 2.15 bits per heavy atom. The van der Waals surface area contributed by atoms with E-state index < -0.39 is 5.60 Å². The minimum atomic E-state index is -0.472. The average Bonchev–Trinajstić information content (AvgIpc) is 2.58. The lowest BCUT2D eigenvalue weighted by molar-refractivity contribution is 0.0517. The zero-order valence-corrected chi connectivity index (χ0v) is 16.1. The third-order valence-electron chi connectivity index (χ3n) is 4.52. The van der Waals surface area contributed by atoms with Crippen molar-refractivity contribution >= 4 is 22.8 Å². The highest BCUT2D eigenvalue weighted by molar-refractivity contribution is 5.89. The summed E-state index contributed by atoms with van der Waals surface area (Å²) in [7, 11) is 0. The molecule has 6 heteroatoms. The standard InChI is InChI=1S/C20H28N4O2/c1-14-7-8-17-16(10-14)18(23-13-22-17)24-9-5-6-15(12-24)11-21-19(25)26-20(2,3)4/h7-8,10,13,15H,5-6,9,11-12H2,1-4H3,(H,21,25). The van der Waals surface area contributed by atoms with Gasteiger partial charge in [0.05, 0.1) is 5.52 Å². The molecular formula is C20H28N4O2. The summed E-state index contributed by atoms with van der Waals surface area (Å²) in [6, 6.07) is 6.26. The summed E-state index contributed by atoms with van der Waals surface area (Å²) < 4.78 is 5.33. The van der Waals surface area contributed by atoms with Crippen molar-refractivity contribution in [2.75, 3.05) is 24.5 Å². The number of piperidine rings is 1. The number of amides is 1. The van der Waals surface area contributed by atoms with E-state index in [2.05, 4.69) is 39.2 Å². The molecule has 0 bridgehead atoms. The van der Waals surface area contributed by atoms with Crippen LogP contribution in [-0.4, -0.2) is 41.3 Å². The van der Waals surface area contributed by atoms with E-state index in [1.54, 1.807) is 6.33 Å². The van der Waals surface area contributed by atoms with Gasteiger partial charge in [0, 0.05) is 25.0 Å². The lowest BCUT2D eigenvalue weighted by Gasteiger charge is -2.34. The van der Waals surface area contributed by atoms with E-state index >= 15 is 0 Å². The zero-order chi connectivity index (χ0) is 18.7. The summed E-state index contributed by atoms with van der Waals surface area (Å²) in [5.74, 6) is 1.37. The van der Waals surface area contributed by atoms with Gasteiger partial charge in [0.25, 0.3) is 0 Å². The van der Waals surface area contributed by atoms with Gasteiger partial charge >= 0.3 is 6.09 Å². The molecule has 1 aromatic carbocycles. The molecule has 1 aliphatic heterocycles. The molecule has 0 aliphatic carbocycles. The second kappa shape index (κ2) is 7.48. The number of nitrogens with one attached hydrogen (secondary N) is 1. The Bertz CT molecular complexity index is 785. The topological polar surface area (TPSA) is 67.4 Å². The van der Waals surface area contributed by atoms with E-state index in [4.69, 9.17) is 4.74 Å². The summed E-state index contributed by atoms with van der Waals surface area (Å²) in [6.07, 6.45) is 3.46. The number of alkyl carbamates (subject to hydrolysis) is 1. The number of rotatable bonds is 3. The number of fused-ring (bicyclic) bond motifs is 1. The van der Waals surface area contributed by atoms with Crippen molar-refractivity contribution in [2.24, 2.45) is 5.92 Å². The molecule has 0 radical (unpaired) electrons. The monoisotopic (exact) mass is 356 g/mol. The quantitative estimate of drug-likeness (QED) is 0.909. The Balaban J connectivity index is 1.67. The van der Waals surface area contributed by atoms with Crippen LogP contribution in [0, 0.1) is 12.8 Å². The molecular weight excluding hydrogens is 328 g/mol. The predicted molar refractivity (Wildman–Crippen MR) is 103 cm³/mol. The number of hydrogen-bond donors (Lipinski definition) is 1. The summed E-state index contributed by atoms with van der Waals surface area (Å²) in [4.78, 5) is 23.1. The molecule has 140 valence electrons. The molecule has 2 aromatic rings. The summed E-state index contributed by atoms with van der Waals surface area (Å²) >= 11 is 0. The molecule has 6 nitrogen and oxygen atoms in total. The van der Waals surface area contributed by atoms with E-state index in [1.807, 2.05) is 26.8 Å². The van der Waals surface area contributed by atoms with Gasteiger partial charge in [0.15, 0.2) is 0 Å². The number of nitrogens with zero attached hydrogens (tertiary/aromatic N) is 3. The first-order valence-corrected chi connectivity index (χ1v) is 9.25. The Morgan fingerprint density at radius 3 is 2.92 bits per heavy atom. The first-order chi connectivity index (χ1) is 12.3. The highest BCUT2D eigenvalue weighted by Crippen LogP contribution is 2.28. The summed E-state index contributed by atoms with van der Waals surface area (Å²) in [5, 5.41) is 4.00. The number of aryl methyl sites for hydroxylation is 1. The molecule has 26 heavy (non-hydrogen) atoms. The largest absolute Gasteiger partial charge is 0.444 e. The van der Waals surface area contributed by atoms with Crippen LogP contribution in [-0.2, 0) is 4.74 Å².